The summed E-state index contributed by atoms with van der Waals surface area (Å²) in [5.74, 6) is 0. The lowest BCUT2D eigenvalue weighted by Gasteiger charge is -2.20. The van der Waals surface area contributed by atoms with Gasteiger partial charge in [-0.05, 0) is 32.4 Å². The summed E-state index contributed by atoms with van der Waals surface area (Å²) in [7, 11) is 0. The Labute approximate surface area is 89.5 Å². The van der Waals surface area contributed by atoms with Crippen LogP contribution in [0.15, 0.2) is 24.3 Å². The molecule has 1 aromatic carbocycles. The van der Waals surface area contributed by atoms with Crippen molar-refractivity contribution in [1.82, 2.24) is 5.32 Å². The molecule has 0 unspecified atom stereocenters. The maximum absolute atomic E-state index is 12.4. The Bertz CT molecular complexity index is 316. The monoisotopic (exact) mass is 213 g/mol. The molecular weight excluding hydrogens is 196 g/mol. The first kappa shape index (κ1) is 12.1. The number of nitrogens with one attached hydrogen (secondary N) is 1. The summed E-state index contributed by atoms with van der Waals surface area (Å²) in [6, 6.07) is 6.51. The zero-order valence-electron chi connectivity index (χ0n) is 9.35. The van der Waals surface area contributed by atoms with Gasteiger partial charge >= 0.3 is 0 Å². The molecule has 0 atom stereocenters. The van der Waals surface area contributed by atoms with Crippen LogP contribution in [0.5, 0.6) is 0 Å². The second-order valence-corrected chi connectivity index (χ2v) is 4.65. The molecule has 0 radical (unpaired) electrons. The fraction of sp³-hybridized carbons (Fsp3) is 0.500. The average Bonchev–Trinajstić information content (AvgIpc) is 2.14. The van der Waals surface area contributed by atoms with Gasteiger partial charge in [0.05, 0.1) is 0 Å². The Hall–Kier alpha value is -0.960. The number of benzene rings is 1. The lowest BCUT2D eigenvalue weighted by molar-refractivity contribution is 0.151. The number of rotatable bonds is 3. The molecule has 0 aliphatic heterocycles. The third kappa shape index (κ3) is 4.38. The van der Waals surface area contributed by atoms with Crippen LogP contribution in [-0.2, 0) is 6.54 Å². The summed E-state index contributed by atoms with van der Waals surface area (Å²) in [6.07, 6.45) is -2.39. The van der Waals surface area contributed by atoms with Crippen molar-refractivity contribution in [3.05, 3.63) is 35.4 Å². The summed E-state index contributed by atoms with van der Waals surface area (Å²) in [5.41, 5.74) is 0.979. The quantitative estimate of drug-likeness (QED) is 0.810. The molecule has 1 rings (SSSR count). The summed E-state index contributed by atoms with van der Waals surface area (Å²) in [4.78, 5) is 0. The molecule has 0 amide bonds. The smallest absolute Gasteiger partial charge is 0.263 e. The second-order valence-electron chi connectivity index (χ2n) is 4.65. The molecule has 1 aromatic rings. The predicted octanol–water partition coefficient (Wildman–Crippen LogP) is 3.51. The van der Waals surface area contributed by atoms with Crippen molar-refractivity contribution < 1.29 is 8.78 Å². The molecule has 0 aliphatic carbocycles. The molecule has 0 fully saturated rings. The van der Waals surface area contributed by atoms with E-state index >= 15 is 0 Å². The fourth-order valence-corrected chi connectivity index (χ4v) is 1.21. The summed E-state index contributed by atoms with van der Waals surface area (Å²) < 4.78 is 24.8. The van der Waals surface area contributed by atoms with E-state index in [1.165, 1.54) is 6.07 Å². The summed E-state index contributed by atoms with van der Waals surface area (Å²) in [5, 5.41) is 3.26. The van der Waals surface area contributed by atoms with E-state index in [0.29, 0.717) is 6.54 Å². The van der Waals surface area contributed by atoms with Gasteiger partial charge in [-0.1, -0.05) is 18.2 Å². The molecule has 0 aliphatic rings. The minimum atomic E-state index is -2.39. The fourth-order valence-electron chi connectivity index (χ4n) is 1.21. The van der Waals surface area contributed by atoms with Crippen LogP contribution < -0.4 is 5.32 Å². The van der Waals surface area contributed by atoms with Gasteiger partial charge in [0, 0.05) is 17.6 Å². The Morgan fingerprint density at radius 2 is 1.93 bits per heavy atom. The average molecular weight is 213 g/mol. The van der Waals surface area contributed by atoms with Crippen molar-refractivity contribution in [3.8, 4) is 0 Å². The van der Waals surface area contributed by atoms with Crippen LogP contribution in [0.4, 0.5) is 8.78 Å². The van der Waals surface area contributed by atoms with Gasteiger partial charge in [0.25, 0.3) is 6.43 Å². The zero-order chi connectivity index (χ0) is 11.5. The van der Waals surface area contributed by atoms with Gasteiger partial charge in [0.1, 0.15) is 0 Å². The van der Waals surface area contributed by atoms with Crippen molar-refractivity contribution in [2.24, 2.45) is 0 Å². The summed E-state index contributed by atoms with van der Waals surface area (Å²) >= 11 is 0. The van der Waals surface area contributed by atoms with E-state index < -0.39 is 6.43 Å². The van der Waals surface area contributed by atoms with Crippen molar-refractivity contribution in [2.45, 2.75) is 39.3 Å². The van der Waals surface area contributed by atoms with Crippen LogP contribution in [0.3, 0.4) is 0 Å². The van der Waals surface area contributed by atoms with Crippen molar-refractivity contribution in [3.63, 3.8) is 0 Å². The molecule has 0 aromatic heterocycles. The highest BCUT2D eigenvalue weighted by atomic mass is 19.3. The molecule has 1 N–H and O–H groups in total. The summed E-state index contributed by atoms with van der Waals surface area (Å²) in [6.45, 7) is 6.75. The number of hydrogen-bond acceptors (Lipinski definition) is 1. The van der Waals surface area contributed by atoms with Crippen LogP contribution >= 0.6 is 0 Å². The Balaban J connectivity index is 2.66. The maximum atomic E-state index is 12.4. The molecule has 0 spiro atoms. The third-order valence-electron chi connectivity index (χ3n) is 2.03. The topological polar surface area (TPSA) is 12.0 Å². The van der Waals surface area contributed by atoms with Crippen molar-refractivity contribution >= 4 is 0 Å². The second kappa shape index (κ2) is 4.71. The molecule has 84 valence electrons. The standard InChI is InChI=1S/C12H17F2N/c1-12(2,3)15-8-9-5-4-6-10(7-9)11(13)14/h4-7,11,15H,8H2,1-3H3. The number of halogens is 2. The Morgan fingerprint density at radius 3 is 2.47 bits per heavy atom. The van der Waals surface area contributed by atoms with Gasteiger partial charge in [0.15, 0.2) is 0 Å². The van der Waals surface area contributed by atoms with E-state index in [0.717, 1.165) is 5.56 Å². The Kier molecular flexibility index (Phi) is 3.80. The number of alkyl halides is 2. The first-order valence-electron chi connectivity index (χ1n) is 5.00. The predicted molar refractivity (Wildman–Crippen MR) is 58.0 cm³/mol. The van der Waals surface area contributed by atoms with Gasteiger partial charge in [-0.3, -0.25) is 0 Å². The van der Waals surface area contributed by atoms with Crippen molar-refractivity contribution in [2.75, 3.05) is 0 Å². The van der Waals surface area contributed by atoms with Crippen LogP contribution in [0, 0.1) is 0 Å². The minimum absolute atomic E-state index is 0.000829. The van der Waals surface area contributed by atoms with E-state index in [2.05, 4.69) is 5.32 Å². The molecule has 0 bridgehead atoms. The molecule has 1 nitrogen and oxygen atoms in total. The largest absolute Gasteiger partial charge is 0.308 e. The molecule has 0 saturated carbocycles. The lowest BCUT2D eigenvalue weighted by Crippen LogP contribution is -2.35. The molecule has 15 heavy (non-hydrogen) atoms. The van der Waals surface area contributed by atoms with E-state index in [9.17, 15) is 8.78 Å². The van der Waals surface area contributed by atoms with Crippen LogP contribution in [0.25, 0.3) is 0 Å². The van der Waals surface area contributed by atoms with E-state index in [1.807, 2.05) is 26.8 Å². The zero-order valence-corrected chi connectivity index (χ0v) is 9.35. The first-order valence-corrected chi connectivity index (χ1v) is 5.00. The van der Waals surface area contributed by atoms with E-state index in [4.69, 9.17) is 0 Å². The van der Waals surface area contributed by atoms with Gasteiger partial charge < -0.3 is 5.32 Å². The molecule has 0 heterocycles. The molecular formula is C12H17F2N. The molecule has 0 saturated heterocycles. The SMILES string of the molecule is CC(C)(C)NCc1cccc(C(F)F)c1. The van der Waals surface area contributed by atoms with E-state index in [1.54, 1.807) is 12.1 Å². The van der Waals surface area contributed by atoms with Crippen LogP contribution in [0.2, 0.25) is 0 Å². The first-order chi connectivity index (χ1) is 6.88. The molecule has 3 heteroatoms. The highest BCUT2D eigenvalue weighted by molar-refractivity contribution is 5.24. The normalized spacial score (nSPS) is 12.1. The number of hydrogen-bond donors (Lipinski definition) is 1. The van der Waals surface area contributed by atoms with Gasteiger partial charge in [0.2, 0.25) is 0 Å². The minimum Gasteiger partial charge on any atom is -0.308 e. The van der Waals surface area contributed by atoms with E-state index in [-0.39, 0.29) is 11.1 Å². The van der Waals surface area contributed by atoms with Crippen LogP contribution in [-0.4, -0.2) is 5.54 Å². The highest BCUT2D eigenvalue weighted by Gasteiger charge is 2.10. The van der Waals surface area contributed by atoms with Gasteiger partial charge in [-0.15, -0.1) is 0 Å². The maximum Gasteiger partial charge on any atom is 0.263 e. The lowest BCUT2D eigenvalue weighted by atomic mass is 10.1. The van der Waals surface area contributed by atoms with Crippen LogP contribution in [0.1, 0.15) is 38.3 Å². The Morgan fingerprint density at radius 1 is 1.27 bits per heavy atom. The highest BCUT2D eigenvalue weighted by Crippen LogP contribution is 2.19. The van der Waals surface area contributed by atoms with Crippen molar-refractivity contribution in [1.29, 1.82) is 0 Å². The van der Waals surface area contributed by atoms with Gasteiger partial charge in [-0.2, -0.15) is 0 Å². The third-order valence-corrected chi connectivity index (χ3v) is 2.03. The van der Waals surface area contributed by atoms with Gasteiger partial charge in [-0.25, -0.2) is 8.78 Å².